The van der Waals surface area contributed by atoms with Gasteiger partial charge in [-0.1, -0.05) is 29.8 Å². The molecule has 0 aliphatic heterocycles. The van der Waals surface area contributed by atoms with Crippen LogP contribution in [0.3, 0.4) is 0 Å². The molecule has 3 heteroatoms. The number of nitrogens with zero attached hydrogens (tertiary/aromatic N) is 1. The first-order valence-electron chi connectivity index (χ1n) is 6.50. The fourth-order valence-electron chi connectivity index (χ4n) is 2.32. The zero-order valence-electron chi connectivity index (χ0n) is 12.0. The Morgan fingerprint density at radius 2 is 1.70 bits per heavy atom. The monoisotopic (exact) mass is 266 g/mol. The summed E-state index contributed by atoms with van der Waals surface area (Å²) < 4.78 is 0. The molecule has 0 atom stereocenters. The molecular weight excluding hydrogens is 248 g/mol. The normalized spacial score (nSPS) is 10.9. The minimum Gasteiger partial charge on any atom is -0.366 e. The Kier molecular flexibility index (Phi) is 3.99. The van der Waals surface area contributed by atoms with Gasteiger partial charge >= 0.3 is 0 Å². The van der Waals surface area contributed by atoms with Crippen LogP contribution in [0.25, 0.3) is 0 Å². The predicted molar refractivity (Wildman–Crippen MR) is 82.9 cm³/mol. The molecule has 1 amide bonds. The van der Waals surface area contributed by atoms with E-state index in [4.69, 9.17) is 5.73 Å². The van der Waals surface area contributed by atoms with E-state index in [0.717, 1.165) is 5.56 Å². The van der Waals surface area contributed by atoms with Crippen molar-refractivity contribution >= 4 is 17.8 Å². The molecule has 20 heavy (non-hydrogen) atoms. The third-order valence-electron chi connectivity index (χ3n) is 3.24. The largest absolute Gasteiger partial charge is 0.366 e. The van der Waals surface area contributed by atoms with Crippen LogP contribution in [0, 0.1) is 20.8 Å². The second-order valence-corrected chi connectivity index (χ2v) is 4.95. The van der Waals surface area contributed by atoms with Crippen LogP contribution < -0.4 is 5.73 Å². The molecule has 0 fully saturated rings. The van der Waals surface area contributed by atoms with E-state index < -0.39 is 5.91 Å². The fourth-order valence-corrected chi connectivity index (χ4v) is 2.32. The van der Waals surface area contributed by atoms with Gasteiger partial charge in [-0.05, 0) is 49.6 Å². The molecule has 2 rings (SSSR count). The summed E-state index contributed by atoms with van der Waals surface area (Å²) in [5, 5.41) is 0. The molecule has 3 nitrogen and oxygen atoms in total. The van der Waals surface area contributed by atoms with Gasteiger partial charge in [0, 0.05) is 6.21 Å². The summed E-state index contributed by atoms with van der Waals surface area (Å²) in [5.41, 5.74) is 11.0. The summed E-state index contributed by atoms with van der Waals surface area (Å²) in [6.45, 7) is 6.19. The first-order valence-corrected chi connectivity index (χ1v) is 6.50. The van der Waals surface area contributed by atoms with Crippen LogP contribution >= 0.6 is 0 Å². The van der Waals surface area contributed by atoms with Crippen LogP contribution in [-0.2, 0) is 0 Å². The van der Waals surface area contributed by atoms with Crippen molar-refractivity contribution < 1.29 is 4.79 Å². The number of rotatable bonds is 3. The maximum absolute atomic E-state index is 11.4. The van der Waals surface area contributed by atoms with Crippen molar-refractivity contribution in [2.45, 2.75) is 20.8 Å². The Balaban J connectivity index is 2.43. The van der Waals surface area contributed by atoms with E-state index in [1.807, 2.05) is 6.07 Å². The molecule has 0 radical (unpaired) electrons. The lowest BCUT2D eigenvalue weighted by molar-refractivity contribution is 0.100. The quantitative estimate of drug-likeness (QED) is 0.850. The molecular formula is C17H18N2O. The summed E-state index contributed by atoms with van der Waals surface area (Å²) in [6.07, 6.45) is 1.80. The summed E-state index contributed by atoms with van der Waals surface area (Å²) in [4.78, 5) is 15.8. The number of benzene rings is 2. The molecule has 0 aromatic heterocycles. The van der Waals surface area contributed by atoms with Crippen molar-refractivity contribution in [3.05, 3.63) is 64.2 Å². The standard InChI is InChI=1S/C17H18N2O/c1-11-8-12(2)15(13(3)9-11)10-19-16-7-5-4-6-14(16)17(18)20/h4-10H,1-3H3,(H2,18,20). The molecule has 0 saturated carbocycles. The highest BCUT2D eigenvalue weighted by Gasteiger charge is 2.06. The van der Waals surface area contributed by atoms with Crippen molar-refractivity contribution in [3.63, 3.8) is 0 Å². The van der Waals surface area contributed by atoms with E-state index in [1.165, 1.54) is 16.7 Å². The number of carbonyl (C=O) groups excluding carboxylic acids is 1. The number of hydrogen-bond donors (Lipinski definition) is 1. The third-order valence-corrected chi connectivity index (χ3v) is 3.24. The van der Waals surface area contributed by atoms with Gasteiger partial charge in [-0.2, -0.15) is 0 Å². The van der Waals surface area contributed by atoms with Gasteiger partial charge in [0.2, 0.25) is 0 Å². The molecule has 0 spiro atoms. The molecule has 0 aliphatic carbocycles. The molecule has 2 aromatic carbocycles. The van der Waals surface area contributed by atoms with Crippen molar-refractivity contribution in [3.8, 4) is 0 Å². The predicted octanol–water partition coefficient (Wildman–Crippen LogP) is 3.46. The van der Waals surface area contributed by atoms with Gasteiger partial charge in [0.05, 0.1) is 11.3 Å². The van der Waals surface area contributed by atoms with Crippen molar-refractivity contribution in [1.82, 2.24) is 0 Å². The van der Waals surface area contributed by atoms with Gasteiger partial charge < -0.3 is 5.73 Å². The van der Waals surface area contributed by atoms with Crippen LogP contribution in [0.4, 0.5) is 5.69 Å². The maximum atomic E-state index is 11.4. The van der Waals surface area contributed by atoms with Crippen LogP contribution in [0.1, 0.15) is 32.6 Å². The Morgan fingerprint density at radius 3 is 2.30 bits per heavy atom. The van der Waals surface area contributed by atoms with E-state index in [9.17, 15) is 4.79 Å². The molecule has 0 bridgehead atoms. The number of primary amides is 1. The number of amides is 1. The zero-order chi connectivity index (χ0) is 14.7. The number of nitrogens with two attached hydrogens (primary N) is 1. The van der Waals surface area contributed by atoms with Crippen LogP contribution in [0.2, 0.25) is 0 Å². The highest BCUT2D eigenvalue weighted by atomic mass is 16.1. The van der Waals surface area contributed by atoms with Gasteiger partial charge in [-0.15, -0.1) is 0 Å². The Morgan fingerprint density at radius 1 is 1.10 bits per heavy atom. The van der Waals surface area contributed by atoms with Gasteiger partial charge in [0.25, 0.3) is 5.91 Å². The van der Waals surface area contributed by atoms with Gasteiger partial charge in [-0.25, -0.2) is 0 Å². The highest BCUT2D eigenvalue weighted by molar-refractivity contribution is 5.99. The summed E-state index contributed by atoms with van der Waals surface area (Å²) in [6, 6.07) is 11.3. The van der Waals surface area contributed by atoms with E-state index in [0.29, 0.717) is 11.3 Å². The number of aliphatic imine (C=N–C) groups is 1. The van der Waals surface area contributed by atoms with Crippen molar-refractivity contribution in [2.24, 2.45) is 10.7 Å². The zero-order valence-corrected chi connectivity index (χ0v) is 12.0. The number of aryl methyl sites for hydroxylation is 3. The minimum absolute atomic E-state index is 0.436. The van der Waals surface area contributed by atoms with E-state index in [2.05, 4.69) is 37.9 Å². The molecule has 0 saturated heterocycles. The lowest BCUT2D eigenvalue weighted by atomic mass is 10.0. The van der Waals surface area contributed by atoms with Gasteiger partial charge in [-0.3, -0.25) is 9.79 Å². The third kappa shape index (κ3) is 2.94. The molecule has 2 aromatic rings. The maximum Gasteiger partial charge on any atom is 0.250 e. The van der Waals surface area contributed by atoms with Crippen molar-refractivity contribution in [1.29, 1.82) is 0 Å². The molecule has 0 aliphatic rings. The van der Waals surface area contributed by atoms with Crippen LogP contribution in [0.5, 0.6) is 0 Å². The van der Waals surface area contributed by atoms with Crippen LogP contribution in [-0.4, -0.2) is 12.1 Å². The SMILES string of the molecule is Cc1cc(C)c(C=Nc2ccccc2C(N)=O)c(C)c1. The lowest BCUT2D eigenvalue weighted by Crippen LogP contribution is -2.10. The van der Waals surface area contributed by atoms with E-state index >= 15 is 0 Å². The smallest absolute Gasteiger partial charge is 0.250 e. The summed E-state index contributed by atoms with van der Waals surface area (Å²) in [7, 11) is 0. The first kappa shape index (κ1) is 14.0. The molecule has 2 N–H and O–H groups in total. The van der Waals surface area contributed by atoms with E-state index in [-0.39, 0.29) is 0 Å². The van der Waals surface area contributed by atoms with Crippen LogP contribution in [0.15, 0.2) is 41.4 Å². The molecule has 102 valence electrons. The number of carbonyl (C=O) groups is 1. The van der Waals surface area contributed by atoms with Gasteiger partial charge in [0.15, 0.2) is 0 Å². The Bertz CT molecular complexity index is 664. The second kappa shape index (κ2) is 5.70. The van der Waals surface area contributed by atoms with Gasteiger partial charge in [0.1, 0.15) is 0 Å². The highest BCUT2D eigenvalue weighted by Crippen LogP contribution is 2.20. The Labute approximate surface area is 119 Å². The van der Waals surface area contributed by atoms with Crippen molar-refractivity contribution in [2.75, 3.05) is 0 Å². The molecule has 0 unspecified atom stereocenters. The second-order valence-electron chi connectivity index (χ2n) is 4.95. The Hall–Kier alpha value is -2.42. The minimum atomic E-state index is -0.463. The first-order chi connectivity index (χ1) is 9.49. The average Bonchev–Trinajstić information content (AvgIpc) is 2.37. The summed E-state index contributed by atoms with van der Waals surface area (Å²) >= 11 is 0. The number of para-hydroxylation sites is 1. The average molecular weight is 266 g/mol. The summed E-state index contributed by atoms with van der Waals surface area (Å²) in [5.74, 6) is -0.463. The van der Waals surface area contributed by atoms with E-state index in [1.54, 1.807) is 24.4 Å². The fraction of sp³-hybridized carbons (Fsp3) is 0.176. The lowest BCUT2D eigenvalue weighted by Gasteiger charge is -2.07. The molecule has 0 heterocycles. The topological polar surface area (TPSA) is 55.4 Å². The number of hydrogen-bond acceptors (Lipinski definition) is 2.